The van der Waals surface area contributed by atoms with E-state index in [2.05, 4.69) is 29.1 Å². The van der Waals surface area contributed by atoms with Crippen LogP contribution in [0.15, 0.2) is 42.9 Å². The summed E-state index contributed by atoms with van der Waals surface area (Å²) in [4.78, 5) is 64.0. The largest absolute Gasteiger partial charge is 0.436 e. The molecule has 0 aliphatic heterocycles. The molecule has 1 aromatic heterocycles. The number of Topliss-reactive ketones (excluding diaryl/α,β-unsaturated/α-hetero) is 1. The van der Waals surface area contributed by atoms with Crippen molar-refractivity contribution < 1.29 is 29.0 Å². The monoisotopic (exact) mass is 695 g/mol. The highest BCUT2D eigenvalue weighted by atomic mass is 16.6. The van der Waals surface area contributed by atoms with Crippen LogP contribution in [-0.4, -0.2) is 93.5 Å². The lowest BCUT2D eigenvalue weighted by Gasteiger charge is -2.34. The maximum absolute atomic E-state index is 14.3. The van der Waals surface area contributed by atoms with Crippen LogP contribution in [0.4, 0.5) is 4.79 Å². The molecule has 50 heavy (non-hydrogen) atoms. The van der Waals surface area contributed by atoms with Gasteiger partial charge in [0.1, 0.15) is 11.8 Å². The number of benzene rings is 1. The molecule has 1 saturated carbocycles. The summed E-state index contributed by atoms with van der Waals surface area (Å²) in [5, 5.41) is 14.5. The molecule has 3 amide bonds. The summed E-state index contributed by atoms with van der Waals surface area (Å²) in [6, 6.07) is 7.82. The number of ether oxygens (including phenoxy) is 1. The van der Waals surface area contributed by atoms with Crippen molar-refractivity contribution in [1.29, 1.82) is 0 Å². The van der Waals surface area contributed by atoms with Crippen LogP contribution < -0.4 is 5.32 Å². The van der Waals surface area contributed by atoms with E-state index in [9.17, 15) is 24.3 Å². The Labute approximate surface area is 298 Å². The average Bonchev–Trinajstić information content (AvgIpc) is 3.61. The van der Waals surface area contributed by atoms with Crippen LogP contribution in [0.3, 0.4) is 0 Å². The maximum atomic E-state index is 14.3. The number of carbonyl (C=O) groups excluding carboxylic acids is 4. The molecule has 1 aromatic carbocycles. The number of aliphatic hydroxyl groups excluding tert-OH is 1. The average molecular weight is 696 g/mol. The molecule has 0 bridgehead atoms. The normalized spacial score (nSPS) is 16.0. The quantitative estimate of drug-likeness (QED) is 0.161. The fourth-order valence-corrected chi connectivity index (χ4v) is 6.63. The molecule has 4 atom stereocenters. The third-order valence-electron chi connectivity index (χ3n) is 9.68. The lowest BCUT2D eigenvalue weighted by molar-refractivity contribution is -0.146. The predicted molar refractivity (Wildman–Crippen MR) is 194 cm³/mol. The van der Waals surface area contributed by atoms with Gasteiger partial charge in [-0.3, -0.25) is 14.4 Å². The topological polar surface area (TPSA) is 145 Å². The summed E-state index contributed by atoms with van der Waals surface area (Å²) in [5.74, 6) is 0.181. The van der Waals surface area contributed by atoms with E-state index in [4.69, 9.17) is 4.74 Å². The number of aromatic amines is 1. The van der Waals surface area contributed by atoms with Crippen molar-refractivity contribution in [1.82, 2.24) is 25.1 Å². The molecule has 11 nitrogen and oxygen atoms in total. The second kappa shape index (κ2) is 20.8. The van der Waals surface area contributed by atoms with Gasteiger partial charge in [0.25, 0.3) is 5.91 Å². The summed E-state index contributed by atoms with van der Waals surface area (Å²) >= 11 is 0. The first-order valence-corrected chi connectivity index (χ1v) is 18.5. The van der Waals surface area contributed by atoms with Crippen LogP contribution in [0.5, 0.6) is 0 Å². The van der Waals surface area contributed by atoms with Crippen molar-refractivity contribution in [2.24, 2.45) is 17.8 Å². The number of aromatic nitrogens is 2. The number of likely N-dealkylation sites (N-methyl/N-ethyl adjacent to an activating group) is 1. The van der Waals surface area contributed by atoms with Crippen molar-refractivity contribution in [2.75, 3.05) is 20.6 Å². The van der Waals surface area contributed by atoms with Crippen LogP contribution in [0.1, 0.15) is 103 Å². The highest BCUT2D eigenvalue weighted by molar-refractivity contribution is 5.90. The molecule has 0 unspecified atom stereocenters. The molecule has 0 saturated heterocycles. The number of hydrogen-bond acceptors (Lipinski definition) is 7. The molecule has 11 heteroatoms. The third kappa shape index (κ3) is 13.9. The van der Waals surface area contributed by atoms with Gasteiger partial charge in [0, 0.05) is 52.5 Å². The number of hydrogen-bond donors (Lipinski definition) is 3. The molecule has 1 fully saturated rings. The number of aliphatic hydroxyl groups is 1. The van der Waals surface area contributed by atoms with Crippen molar-refractivity contribution >= 4 is 23.7 Å². The van der Waals surface area contributed by atoms with Gasteiger partial charge < -0.3 is 29.9 Å². The Balaban J connectivity index is 1.84. The molecule has 1 aliphatic carbocycles. The lowest BCUT2D eigenvalue weighted by atomic mass is 9.83. The minimum atomic E-state index is -1.23. The van der Waals surface area contributed by atoms with Crippen LogP contribution >= 0.6 is 0 Å². The number of nitrogens with one attached hydrogen (secondary N) is 2. The Hall–Kier alpha value is -3.73. The summed E-state index contributed by atoms with van der Waals surface area (Å²) in [6.45, 7) is 8.34. The molecule has 2 aromatic rings. The molecule has 0 radical (unpaired) electrons. The number of amides is 3. The van der Waals surface area contributed by atoms with Gasteiger partial charge in [-0.2, -0.15) is 0 Å². The van der Waals surface area contributed by atoms with Gasteiger partial charge in [-0.15, -0.1) is 0 Å². The van der Waals surface area contributed by atoms with Crippen LogP contribution in [0, 0.1) is 17.8 Å². The number of nitrogens with zero attached hydrogens (tertiary/aromatic N) is 3. The molecule has 3 N–H and O–H groups in total. The standard InChI is InChI=1S/C39H61N5O6/c1-27(2)17-18-35(46)33(22-29-13-9-7-10-14-29)42-37(47)34(24-31-25-40-26-41-31)44(6)38(48)36(23-30-15-11-8-12-16-30)50-39(49)43(5)20-19-32(45)21-28(3)4/h8,11-12,15-16,25-29,33-36,46H,7,9-10,13-14,17-24H2,1-6H3,(H,40,41)(H,42,47)/t33-,34-,35-,36-/m0/s1. The molecule has 3 rings (SSSR count). The van der Waals surface area contributed by atoms with Crippen molar-refractivity contribution in [3.63, 3.8) is 0 Å². The van der Waals surface area contributed by atoms with E-state index in [0.29, 0.717) is 36.8 Å². The SMILES string of the molecule is CC(C)CC[C@H](O)[C@H](CC1CCCCC1)NC(=O)[C@H](Cc1c[nH]cn1)N(C)C(=O)[C@H](Cc1ccccc1)OC(=O)N(C)CCC(=O)CC(C)C. The van der Waals surface area contributed by atoms with Crippen molar-refractivity contribution in [2.45, 2.75) is 129 Å². The Kier molecular flexibility index (Phi) is 17.0. The Morgan fingerprint density at radius 1 is 0.980 bits per heavy atom. The maximum Gasteiger partial charge on any atom is 0.410 e. The molecule has 278 valence electrons. The van der Waals surface area contributed by atoms with E-state index in [0.717, 1.165) is 37.7 Å². The molecule has 1 aliphatic rings. The molecular weight excluding hydrogens is 634 g/mol. The number of H-pyrrole nitrogens is 1. The molecular formula is C39H61N5O6. The minimum absolute atomic E-state index is 0.0552. The minimum Gasteiger partial charge on any atom is -0.436 e. The fraction of sp³-hybridized carbons (Fsp3) is 0.667. The number of imidazole rings is 1. The van der Waals surface area contributed by atoms with Gasteiger partial charge in [0.05, 0.1) is 24.2 Å². The summed E-state index contributed by atoms with van der Waals surface area (Å²) in [5.41, 5.74) is 1.38. The van der Waals surface area contributed by atoms with Gasteiger partial charge in [0.15, 0.2) is 6.10 Å². The van der Waals surface area contributed by atoms with E-state index in [-0.39, 0.29) is 43.4 Å². The zero-order valence-corrected chi connectivity index (χ0v) is 31.1. The van der Waals surface area contributed by atoms with E-state index in [1.54, 1.807) is 20.3 Å². The van der Waals surface area contributed by atoms with E-state index < -0.39 is 36.3 Å². The molecule has 0 spiro atoms. The zero-order chi connectivity index (χ0) is 36.6. The Morgan fingerprint density at radius 2 is 1.68 bits per heavy atom. The third-order valence-corrected chi connectivity index (χ3v) is 9.68. The van der Waals surface area contributed by atoms with Crippen LogP contribution in [-0.2, 0) is 32.0 Å². The molecule has 1 heterocycles. The van der Waals surface area contributed by atoms with Crippen LogP contribution in [0.2, 0.25) is 0 Å². The fourth-order valence-electron chi connectivity index (χ4n) is 6.63. The van der Waals surface area contributed by atoms with Gasteiger partial charge >= 0.3 is 6.09 Å². The van der Waals surface area contributed by atoms with Crippen LogP contribution in [0.25, 0.3) is 0 Å². The first-order valence-electron chi connectivity index (χ1n) is 18.5. The second-order valence-electron chi connectivity index (χ2n) is 15.0. The van der Waals surface area contributed by atoms with Crippen molar-refractivity contribution in [3.05, 3.63) is 54.1 Å². The summed E-state index contributed by atoms with van der Waals surface area (Å²) in [7, 11) is 3.09. The Morgan fingerprint density at radius 3 is 2.30 bits per heavy atom. The highest BCUT2D eigenvalue weighted by Crippen LogP contribution is 2.29. The van der Waals surface area contributed by atoms with Crippen molar-refractivity contribution in [3.8, 4) is 0 Å². The smallest absolute Gasteiger partial charge is 0.410 e. The predicted octanol–water partition coefficient (Wildman–Crippen LogP) is 5.72. The first-order chi connectivity index (χ1) is 23.8. The van der Waals surface area contributed by atoms with Gasteiger partial charge in [-0.25, -0.2) is 9.78 Å². The lowest BCUT2D eigenvalue weighted by Crippen LogP contribution is -2.56. The van der Waals surface area contributed by atoms with E-state index in [1.165, 1.54) is 22.5 Å². The van der Waals surface area contributed by atoms with Gasteiger partial charge in [-0.05, 0) is 42.6 Å². The highest BCUT2D eigenvalue weighted by Gasteiger charge is 2.36. The van der Waals surface area contributed by atoms with Gasteiger partial charge in [0.2, 0.25) is 5.91 Å². The van der Waals surface area contributed by atoms with Gasteiger partial charge in [-0.1, -0.05) is 90.1 Å². The zero-order valence-electron chi connectivity index (χ0n) is 31.1. The number of carbonyl (C=O) groups is 4. The Bertz CT molecular complexity index is 1310. The summed E-state index contributed by atoms with van der Waals surface area (Å²) < 4.78 is 5.84. The second-order valence-corrected chi connectivity index (χ2v) is 15.0. The summed E-state index contributed by atoms with van der Waals surface area (Å²) in [6.07, 6.45) is 9.13. The van der Waals surface area contributed by atoms with E-state index >= 15 is 0 Å². The first kappa shape index (κ1) is 40.7. The van der Waals surface area contributed by atoms with E-state index in [1.807, 2.05) is 44.2 Å². The number of rotatable bonds is 20. The number of ketones is 1.